The number of halogens is 1. The molecule has 0 unspecified atom stereocenters. The molecule has 0 amide bonds. The summed E-state index contributed by atoms with van der Waals surface area (Å²) < 4.78 is 6.84. The second kappa shape index (κ2) is 7.81. The first-order chi connectivity index (χ1) is 11.3. The fourth-order valence-electron chi connectivity index (χ4n) is 2.08. The number of rotatable bonds is 6. The third-order valence-corrected chi connectivity index (χ3v) is 3.80. The normalized spacial score (nSPS) is 10.3. The summed E-state index contributed by atoms with van der Waals surface area (Å²) in [5.41, 5.74) is 8.59. The van der Waals surface area contributed by atoms with E-state index in [0.29, 0.717) is 0 Å². The minimum atomic E-state index is 0.730. The van der Waals surface area contributed by atoms with Gasteiger partial charge in [-0.05, 0) is 54.1 Å². The zero-order valence-electron chi connectivity index (χ0n) is 12.5. The first-order valence-electron chi connectivity index (χ1n) is 7.36. The molecule has 0 saturated heterocycles. The number of hydrogen-bond acceptors (Lipinski definition) is 3. The Morgan fingerprint density at radius 2 is 1.35 bits per heavy atom. The van der Waals surface area contributed by atoms with Gasteiger partial charge >= 0.3 is 0 Å². The van der Waals surface area contributed by atoms with Gasteiger partial charge < -0.3 is 10.2 Å². The molecule has 0 spiro atoms. The van der Waals surface area contributed by atoms with Gasteiger partial charge in [0.1, 0.15) is 11.5 Å². The lowest BCUT2D eigenvalue weighted by atomic mass is 10.2. The zero-order chi connectivity index (χ0) is 15.9. The third kappa shape index (κ3) is 4.84. The highest BCUT2D eigenvalue weighted by atomic mass is 79.9. The van der Waals surface area contributed by atoms with Gasteiger partial charge in [0, 0.05) is 16.7 Å². The topological polar surface area (TPSA) is 33.3 Å². The first-order valence-corrected chi connectivity index (χ1v) is 8.15. The van der Waals surface area contributed by atoms with Crippen LogP contribution in [0, 0.1) is 0 Å². The molecule has 4 heteroatoms. The van der Waals surface area contributed by atoms with Crippen molar-refractivity contribution in [3.63, 3.8) is 0 Å². The summed E-state index contributed by atoms with van der Waals surface area (Å²) in [6.07, 6.45) is 0. The minimum Gasteiger partial charge on any atom is -0.457 e. The van der Waals surface area contributed by atoms with E-state index < -0.39 is 0 Å². The molecule has 0 aliphatic heterocycles. The van der Waals surface area contributed by atoms with E-state index in [1.165, 1.54) is 5.56 Å². The van der Waals surface area contributed by atoms with Crippen LogP contribution in [0.5, 0.6) is 11.5 Å². The first kappa shape index (κ1) is 15.6. The van der Waals surface area contributed by atoms with Crippen LogP contribution in [0.4, 0.5) is 5.69 Å². The molecule has 0 bridgehead atoms. The molecule has 0 atom stereocenters. The Bertz CT molecular complexity index is 728. The molecule has 116 valence electrons. The molecule has 0 fully saturated rings. The number of nitrogens with one attached hydrogen (secondary N) is 2. The van der Waals surface area contributed by atoms with Crippen LogP contribution >= 0.6 is 15.9 Å². The number of benzene rings is 3. The molecule has 0 heterocycles. The van der Waals surface area contributed by atoms with Crippen LogP contribution in [0.1, 0.15) is 5.56 Å². The lowest BCUT2D eigenvalue weighted by molar-refractivity contribution is 0.482. The molecule has 0 radical (unpaired) electrons. The van der Waals surface area contributed by atoms with Gasteiger partial charge in [-0.25, -0.2) is 5.43 Å². The highest BCUT2D eigenvalue weighted by Gasteiger charge is 1.98. The number of para-hydroxylation sites is 1. The fraction of sp³-hybridized carbons (Fsp3) is 0.0526. The van der Waals surface area contributed by atoms with E-state index >= 15 is 0 Å². The van der Waals surface area contributed by atoms with Crippen LogP contribution in [0.3, 0.4) is 0 Å². The molecule has 0 aromatic heterocycles. The van der Waals surface area contributed by atoms with Crippen LogP contribution in [0.15, 0.2) is 83.3 Å². The van der Waals surface area contributed by atoms with Gasteiger partial charge in [0.2, 0.25) is 0 Å². The highest BCUT2D eigenvalue weighted by Crippen LogP contribution is 2.23. The fourth-order valence-corrected chi connectivity index (χ4v) is 2.35. The molecule has 3 aromatic rings. The minimum absolute atomic E-state index is 0.730. The molecule has 0 saturated carbocycles. The van der Waals surface area contributed by atoms with Crippen LogP contribution in [-0.4, -0.2) is 0 Å². The van der Waals surface area contributed by atoms with Crippen LogP contribution < -0.4 is 15.6 Å². The van der Waals surface area contributed by atoms with E-state index in [1.54, 1.807) is 0 Å². The van der Waals surface area contributed by atoms with Gasteiger partial charge in [-0.2, -0.15) is 0 Å². The van der Waals surface area contributed by atoms with Crippen molar-refractivity contribution < 1.29 is 4.74 Å². The van der Waals surface area contributed by atoms with Gasteiger partial charge in [0.25, 0.3) is 0 Å². The van der Waals surface area contributed by atoms with Crippen molar-refractivity contribution in [2.45, 2.75) is 6.54 Å². The van der Waals surface area contributed by atoms with Gasteiger partial charge in [0.05, 0.1) is 0 Å². The monoisotopic (exact) mass is 368 g/mol. The largest absolute Gasteiger partial charge is 0.457 e. The predicted octanol–water partition coefficient (Wildman–Crippen LogP) is 5.36. The molecule has 23 heavy (non-hydrogen) atoms. The second-order valence-corrected chi connectivity index (χ2v) is 5.96. The van der Waals surface area contributed by atoms with Gasteiger partial charge in [-0.3, -0.25) is 0 Å². The Balaban J connectivity index is 1.51. The predicted molar refractivity (Wildman–Crippen MR) is 97.6 cm³/mol. The number of ether oxygens (including phenoxy) is 1. The van der Waals surface area contributed by atoms with Crippen molar-refractivity contribution in [1.29, 1.82) is 0 Å². The molecule has 0 aliphatic carbocycles. The summed E-state index contributed by atoms with van der Waals surface area (Å²) in [4.78, 5) is 0. The quantitative estimate of drug-likeness (QED) is 0.574. The van der Waals surface area contributed by atoms with Crippen molar-refractivity contribution in [2.75, 3.05) is 5.43 Å². The summed E-state index contributed by atoms with van der Waals surface area (Å²) in [6, 6.07) is 25.9. The van der Waals surface area contributed by atoms with Crippen LogP contribution in [0.25, 0.3) is 0 Å². The molecule has 3 aromatic carbocycles. The van der Waals surface area contributed by atoms with Crippen LogP contribution in [0.2, 0.25) is 0 Å². The van der Waals surface area contributed by atoms with E-state index in [2.05, 4.69) is 26.8 Å². The maximum absolute atomic E-state index is 5.81. The molecular weight excluding hydrogens is 352 g/mol. The second-order valence-electron chi connectivity index (χ2n) is 5.04. The lowest BCUT2D eigenvalue weighted by Crippen LogP contribution is -2.20. The van der Waals surface area contributed by atoms with E-state index in [0.717, 1.165) is 28.2 Å². The smallest absolute Gasteiger partial charge is 0.127 e. The Kier molecular flexibility index (Phi) is 5.29. The maximum Gasteiger partial charge on any atom is 0.127 e. The molecule has 3 rings (SSSR count). The van der Waals surface area contributed by atoms with E-state index in [4.69, 9.17) is 4.74 Å². The summed E-state index contributed by atoms with van der Waals surface area (Å²) >= 11 is 3.41. The summed E-state index contributed by atoms with van der Waals surface area (Å²) in [5, 5.41) is 0. The number of anilines is 1. The lowest BCUT2D eigenvalue weighted by Gasteiger charge is -2.09. The number of hydrogen-bond donors (Lipinski definition) is 2. The van der Waals surface area contributed by atoms with E-state index in [1.807, 2.05) is 78.9 Å². The van der Waals surface area contributed by atoms with Gasteiger partial charge in [-0.15, -0.1) is 0 Å². The molecule has 3 nitrogen and oxygen atoms in total. The molecule has 2 N–H and O–H groups in total. The SMILES string of the molecule is Brc1ccc(Oc2ccc(CNNc3ccccc3)cc2)cc1. The molecule has 0 aliphatic rings. The summed E-state index contributed by atoms with van der Waals surface area (Å²) in [7, 11) is 0. The van der Waals surface area contributed by atoms with Crippen molar-refractivity contribution in [3.8, 4) is 11.5 Å². The van der Waals surface area contributed by atoms with Gasteiger partial charge in [-0.1, -0.05) is 46.3 Å². The van der Waals surface area contributed by atoms with Crippen molar-refractivity contribution in [1.82, 2.24) is 5.43 Å². The highest BCUT2D eigenvalue weighted by molar-refractivity contribution is 9.10. The Labute approximate surface area is 144 Å². The Morgan fingerprint density at radius 1 is 0.739 bits per heavy atom. The average Bonchev–Trinajstić information content (AvgIpc) is 2.59. The van der Waals surface area contributed by atoms with E-state index in [9.17, 15) is 0 Å². The third-order valence-electron chi connectivity index (χ3n) is 3.27. The summed E-state index contributed by atoms with van der Waals surface area (Å²) in [6.45, 7) is 0.730. The Morgan fingerprint density at radius 3 is 2.00 bits per heavy atom. The summed E-state index contributed by atoms with van der Waals surface area (Å²) in [5.74, 6) is 1.65. The van der Waals surface area contributed by atoms with Crippen molar-refractivity contribution in [2.24, 2.45) is 0 Å². The van der Waals surface area contributed by atoms with Gasteiger partial charge in [0.15, 0.2) is 0 Å². The van der Waals surface area contributed by atoms with Crippen molar-refractivity contribution >= 4 is 21.6 Å². The standard InChI is InChI=1S/C19H17BrN2O/c20-16-8-12-19(13-9-16)23-18-10-6-15(7-11-18)14-21-22-17-4-2-1-3-5-17/h1-13,21-22H,14H2. The maximum atomic E-state index is 5.81. The van der Waals surface area contributed by atoms with Crippen molar-refractivity contribution in [3.05, 3.63) is 88.9 Å². The molecular formula is C19H17BrN2O. The average molecular weight is 369 g/mol. The van der Waals surface area contributed by atoms with Crippen LogP contribution in [-0.2, 0) is 6.54 Å². The number of hydrazine groups is 1. The Hall–Kier alpha value is -2.30. The van der Waals surface area contributed by atoms with E-state index in [-0.39, 0.29) is 0 Å². The zero-order valence-corrected chi connectivity index (χ0v) is 14.1.